The number of hydrogen-bond donors (Lipinski definition) is 1. The summed E-state index contributed by atoms with van der Waals surface area (Å²) in [5.74, 6) is -2.68. The number of carbonyl (C=O) groups is 1. The Bertz CT molecular complexity index is 1080. The number of sulfone groups is 1. The number of nitrogens with one attached hydrogen (secondary N) is 1. The first-order valence-electron chi connectivity index (χ1n) is 9.18. The molecule has 32 heavy (non-hydrogen) atoms. The van der Waals surface area contributed by atoms with Crippen LogP contribution in [0.25, 0.3) is 0 Å². The summed E-state index contributed by atoms with van der Waals surface area (Å²) in [7, 11) is -2.48. The fourth-order valence-electron chi connectivity index (χ4n) is 3.20. The van der Waals surface area contributed by atoms with Gasteiger partial charge in [0.2, 0.25) is 0 Å². The molecule has 0 unspecified atom stereocenters. The number of hydrogen-bond acceptors (Lipinski definition) is 5. The number of anilines is 1. The predicted molar refractivity (Wildman–Crippen MR) is 114 cm³/mol. The van der Waals surface area contributed by atoms with Crippen LogP contribution < -0.4 is 10.1 Å². The van der Waals surface area contributed by atoms with E-state index < -0.39 is 33.3 Å². The molecule has 2 aromatic carbocycles. The molecule has 0 spiro atoms. The summed E-state index contributed by atoms with van der Waals surface area (Å²) >= 11 is 0. The molecule has 0 aromatic heterocycles. The van der Waals surface area contributed by atoms with Gasteiger partial charge in [0.05, 0.1) is 35.5 Å². The zero-order chi connectivity index (χ0) is 22.8. The van der Waals surface area contributed by atoms with E-state index in [2.05, 4.69) is 5.32 Å². The average molecular weight is 496 g/mol. The Morgan fingerprint density at radius 3 is 2.53 bits per heavy atom. The summed E-state index contributed by atoms with van der Waals surface area (Å²) < 4.78 is 87.9. The van der Waals surface area contributed by atoms with Gasteiger partial charge >= 0.3 is 6.18 Å². The van der Waals surface area contributed by atoms with Crippen LogP contribution in [0.5, 0.6) is 5.75 Å². The quantitative estimate of drug-likeness (QED) is 0.612. The SMILES string of the molecule is COc1ccc(S(=O)(=O)C[C@H]2CCOC2)cc1C(=O)Nc1ccc(F)c(C(F)(F)F)c1.S. The zero-order valence-corrected chi connectivity index (χ0v) is 18.6. The molecule has 176 valence electrons. The van der Waals surface area contributed by atoms with Crippen molar-refractivity contribution in [2.45, 2.75) is 17.5 Å². The van der Waals surface area contributed by atoms with Crippen LogP contribution in [0.1, 0.15) is 22.3 Å². The van der Waals surface area contributed by atoms with Crippen LogP contribution in [-0.4, -0.2) is 40.4 Å². The molecule has 6 nitrogen and oxygen atoms in total. The van der Waals surface area contributed by atoms with Gasteiger partial charge in [0.1, 0.15) is 11.6 Å². The van der Waals surface area contributed by atoms with Crippen molar-refractivity contribution in [2.75, 3.05) is 31.4 Å². The third-order valence-electron chi connectivity index (χ3n) is 4.78. The molecule has 1 N–H and O–H groups in total. The number of amides is 1. The van der Waals surface area contributed by atoms with Crippen LogP contribution >= 0.6 is 13.5 Å². The number of ether oxygens (including phenoxy) is 2. The minimum Gasteiger partial charge on any atom is -0.496 e. The molecule has 1 saturated heterocycles. The van der Waals surface area contributed by atoms with Gasteiger partial charge in [-0.05, 0) is 48.7 Å². The molecule has 1 aliphatic heterocycles. The molecule has 2 aromatic rings. The number of alkyl halides is 3. The highest BCUT2D eigenvalue weighted by Crippen LogP contribution is 2.33. The molecule has 0 aliphatic carbocycles. The Hall–Kier alpha value is -2.31. The van der Waals surface area contributed by atoms with Gasteiger partial charge in [-0.3, -0.25) is 4.79 Å². The number of halogens is 4. The second-order valence-corrected chi connectivity index (χ2v) is 9.05. The summed E-state index contributed by atoms with van der Waals surface area (Å²) in [6, 6.07) is 5.70. The van der Waals surface area contributed by atoms with E-state index in [-0.39, 0.29) is 47.1 Å². The van der Waals surface area contributed by atoms with E-state index in [1.807, 2.05) is 0 Å². The van der Waals surface area contributed by atoms with Crippen LogP contribution in [0.15, 0.2) is 41.3 Å². The summed E-state index contributed by atoms with van der Waals surface area (Å²) in [6.45, 7) is 0.808. The van der Waals surface area contributed by atoms with Gasteiger partial charge in [0.25, 0.3) is 5.91 Å². The maximum atomic E-state index is 13.5. The van der Waals surface area contributed by atoms with E-state index in [0.717, 1.165) is 12.1 Å². The highest BCUT2D eigenvalue weighted by Gasteiger charge is 2.34. The van der Waals surface area contributed by atoms with Crippen LogP contribution in [0, 0.1) is 11.7 Å². The van der Waals surface area contributed by atoms with Crippen molar-refractivity contribution < 1.29 is 40.2 Å². The smallest absolute Gasteiger partial charge is 0.419 e. The van der Waals surface area contributed by atoms with E-state index in [1.165, 1.54) is 19.2 Å². The van der Waals surface area contributed by atoms with Gasteiger partial charge in [0, 0.05) is 12.3 Å². The van der Waals surface area contributed by atoms with E-state index in [4.69, 9.17) is 9.47 Å². The summed E-state index contributed by atoms with van der Waals surface area (Å²) in [4.78, 5) is 12.6. The van der Waals surface area contributed by atoms with E-state index in [9.17, 15) is 30.8 Å². The fourth-order valence-corrected chi connectivity index (χ4v) is 4.85. The minimum atomic E-state index is -4.94. The van der Waals surface area contributed by atoms with Crippen molar-refractivity contribution in [2.24, 2.45) is 5.92 Å². The number of carbonyl (C=O) groups excluding carboxylic acids is 1. The Labute approximate surface area is 189 Å². The first-order chi connectivity index (χ1) is 14.5. The Balaban J connectivity index is 0.00000363. The Morgan fingerprint density at radius 2 is 1.94 bits per heavy atom. The van der Waals surface area contributed by atoms with E-state index in [1.54, 1.807) is 0 Å². The molecule has 3 rings (SSSR count). The minimum absolute atomic E-state index is 0. The summed E-state index contributed by atoms with van der Waals surface area (Å²) in [6.07, 6.45) is -4.34. The first kappa shape index (κ1) is 25.9. The predicted octanol–water partition coefficient (Wildman–Crippen LogP) is 4.03. The lowest BCUT2D eigenvalue weighted by Crippen LogP contribution is -2.18. The van der Waals surface area contributed by atoms with Gasteiger partial charge in [-0.1, -0.05) is 0 Å². The molecular weight excluding hydrogens is 474 g/mol. The molecule has 1 amide bonds. The topological polar surface area (TPSA) is 81.7 Å². The van der Waals surface area contributed by atoms with Crippen molar-refractivity contribution in [3.05, 3.63) is 53.3 Å². The second-order valence-electron chi connectivity index (χ2n) is 7.02. The maximum Gasteiger partial charge on any atom is 0.419 e. The zero-order valence-electron chi connectivity index (χ0n) is 16.8. The molecule has 0 radical (unpaired) electrons. The fraction of sp³-hybridized carbons (Fsp3) is 0.350. The number of methoxy groups -OCH3 is 1. The van der Waals surface area contributed by atoms with Crippen molar-refractivity contribution >= 4 is 34.9 Å². The Kier molecular flexibility index (Phi) is 8.18. The lowest BCUT2D eigenvalue weighted by Gasteiger charge is -2.14. The lowest BCUT2D eigenvalue weighted by molar-refractivity contribution is -0.139. The Morgan fingerprint density at radius 1 is 1.22 bits per heavy atom. The first-order valence-corrected chi connectivity index (χ1v) is 10.8. The molecular formula is C20H21F4NO5S2. The van der Waals surface area contributed by atoms with E-state index in [0.29, 0.717) is 31.8 Å². The molecule has 1 aliphatic rings. The van der Waals surface area contributed by atoms with Gasteiger partial charge in [-0.25, -0.2) is 12.8 Å². The standard InChI is InChI=1S/C20H19F4NO5S.H2S/c1-29-18-5-3-14(31(27,28)11-12-6-7-30-10-12)9-15(18)19(26)25-13-2-4-17(21)16(8-13)20(22,23)24;/h2-5,8-9,12H,6-7,10-11H2,1H3,(H,25,26);1H2/t12-;/m0./s1. The van der Waals surface area contributed by atoms with Crippen molar-refractivity contribution in [3.63, 3.8) is 0 Å². The van der Waals surface area contributed by atoms with Gasteiger partial charge in [0.15, 0.2) is 9.84 Å². The third kappa shape index (κ3) is 5.93. The van der Waals surface area contributed by atoms with Gasteiger partial charge < -0.3 is 14.8 Å². The highest BCUT2D eigenvalue weighted by atomic mass is 32.2. The maximum absolute atomic E-state index is 13.5. The van der Waals surface area contributed by atoms with E-state index >= 15 is 0 Å². The molecule has 1 heterocycles. The summed E-state index contributed by atoms with van der Waals surface area (Å²) in [5, 5.41) is 2.22. The van der Waals surface area contributed by atoms with Crippen molar-refractivity contribution in [3.8, 4) is 5.75 Å². The second kappa shape index (κ2) is 10.1. The third-order valence-corrected chi connectivity index (χ3v) is 6.67. The average Bonchev–Trinajstić information content (AvgIpc) is 3.20. The molecule has 1 fully saturated rings. The highest BCUT2D eigenvalue weighted by molar-refractivity contribution is 7.91. The molecule has 0 bridgehead atoms. The lowest BCUT2D eigenvalue weighted by atomic mass is 10.1. The van der Waals surface area contributed by atoms with Gasteiger partial charge in [-0.2, -0.15) is 26.7 Å². The largest absolute Gasteiger partial charge is 0.496 e. The number of rotatable bonds is 6. The van der Waals surface area contributed by atoms with Gasteiger partial charge in [-0.15, -0.1) is 0 Å². The normalized spacial score (nSPS) is 16.3. The van der Waals surface area contributed by atoms with Crippen LogP contribution in [-0.2, 0) is 20.8 Å². The van der Waals surface area contributed by atoms with Crippen LogP contribution in [0.4, 0.5) is 23.2 Å². The summed E-state index contributed by atoms with van der Waals surface area (Å²) in [5.41, 5.74) is -2.03. The van der Waals surface area contributed by atoms with Crippen LogP contribution in [0.3, 0.4) is 0 Å². The molecule has 0 saturated carbocycles. The van der Waals surface area contributed by atoms with Crippen molar-refractivity contribution in [1.29, 1.82) is 0 Å². The van der Waals surface area contributed by atoms with Crippen LogP contribution in [0.2, 0.25) is 0 Å². The molecule has 12 heteroatoms. The number of benzene rings is 2. The van der Waals surface area contributed by atoms with Crippen molar-refractivity contribution in [1.82, 2.24) is 0 Å². The molecule has 1 atom stereocenters. The monoisotopic (exact) mass is 495 g/mol.